The van der Waals surface area contributed by atoms with Crippen LogP contribution in [0, 0.1) is 12.7 Å². The fourth-order valence-electron chi connectivity index (χ4n) is 1.78. The fourth-order valence-corrected chi connectivity index (χ4v) is 2.31. The number of hydrogen-bond donors (Lipinski definition) is 0. The molecule has 0 amide bonds. The van der Waals surface area contributed by atoms with Gasteiger partial charge in [-0.25, -0.2) is 9.37 Å². The van der Waals surface area contributed by atoms with Gasteiger partial charge in [-0.2, -0.15) is 0 Å². The number of halogens is 2. The van der Waals surface area contributed by atoms with Crippen LogP contribution >= 0.6 is 15.9 Å². The molecule has 0 unspecified atom stereocenters. The summed E-state index contributed by atoms with van der Waals surface area (Å²) >= 11 is 3.53. The number of rotatable bonds is 3. The molecule has 2 aromatic rings. The van der Waals surface area contributed by atoms with E-state index in [-0.39, 0.29) is 5.82 Å². The number of benzene rings is 1. The van der Waals surface area contributed by atoms with Crippen molar-refractivity contribution >= 4 is 21.7 Å². The number of pyridine rings is 1. The van der Waals surface area contributed by atoms with E-state index in [0.29, 0.717) is 6.54 Å². The summed E-state index contributed by atoms with van der Waals surface area (Å²) in [5.74, 6) is 0.649. The molecule has 1 aromatic heterocycles. The van der Waals surface area contributed by atoms with E-state index < -0.39 is 0 Å². The van der Waals surface area contributed by atoms with Gasteiger partial charge in [0, 0.05) is 19.8 Å². The molecule has 18 heavy (non-hydrogen) atoms. The normalized spacial score (nSPS) is 10.4. The van der Waals surface area contributed by atoms with Crippen molar-refractivity contribution in [3.05, 3.63) is 57.9 Å². The maximum Gasteiger partial charge on any atom is 0.143 e. The first-order valence-corrected chi connectivity index (χ1v) is 6.44. The van der Waals surface area contributed by atoms with Gasteiger partial charge in [0.1, 0.15) is 11.6 Å². The Morgan fingerprint density at radius 3 is 2.83 bits per heavy atom. The second kappa shape index (κ2) is 5.48. The standard InChI is InChI=1S/C14H14BrFN2/c1-10-6-7-17-14(13(10)15)18(2)9-11-4-3-5-12(16)8-11/h3-8H,9H2,1-2H3. The summed E-state index contributed by atoms with van der Waals surface area (Å²) in [6.07, 6.45) is 1.78. The van der Waals surface area contributed by atoms with Crippen LogP contribution in [0.3, 0.4) is 0 Å². The average molecular weight is 309 g/mol. The molecule has 0 saturated heterocycles. The van der Waals surface area contributed by atoms with E-state index in [4.69, 9.17) is 0 Å². The number of aryl methyl sites for hydroxylation is 1. The maximum atomic E-state index is 13.1. The van der Waals surface area contributed by atoms with Gasteiger partial charge in [-0.05, 0) is 52.2 Å². The van der Waals surface area contributed by atoms with Crippen LogP contribution in [-0.2, 0) is 6.54 Å². The zero-order valence-corrected chi connectivity index (χ0v) is 11.9. The van der Waals surface area contributed by atoms with Crippen molar-refractivity contribution in [3.63, 3.8) is 0 Å². The molecule has 0 fully saturated rings. The van der Waals surface area contributed by atoms with Gasteiger partial charge < -0.3 is 4.90 Å². The van der Waals surface area contributed by atoms with Gasteiger partial charge in [-0.3, -0.25) is 0 Å². The van der Waals surface area contributed by atoms with E-state index >= 15 is 0 Å². The molecule has 4 heteroatoms. The molecule has 1 aromatic carbocycles. The van der Waals surface area contributed by atoms with Crippen LogP contribution in [0.1, 0.15) is 11.1 Å². The highest BCUT2D eigenvalue weighted by molar-refractivity contribution is 9.10. The van der Waals surface area contributed by atoms with Crippen LogP contribution in [0.25, 0.3) is 0 Å². The predicted octanol–water partition coefficient (Wildman–Crippen LogP) is 3.93. The number of anilines is 1. The molecule has 0 aliphatic carbocycles. The molecule has 2 rings (SSSR count). The molecular formula is C14H14BrFN2. The molecule has 0 aliphatic rings. The molecule has 2 nitrogen and oxygen atoms in total. The Balaban J connectivity index is 2.22. The van der Waals surface area contributed by atoms with E-state index in [1.807, 2.05) is 31.0 Å². The van der Waals surface area contributed by atoms with Gasteiger partial charge >= 0.3 is 0 Å². The lowest BCUT2D eigenvalue weighted by Crippen LogP contribution is -2.18. The fraction of sp³-hybridized carbons (Fsp3) is 0.214. The molecule has 0 saturated carbocycles. The lowest BCUT2D eigenvalue weighted by Gasteiger charge is -2.20. The van der Waals surface area contributed by atoms with E-state index in [2.05, 4.69) is 20.9 Å². The summed E-state index contributed by atoms with van der Waals surface area (Å²) in [7, 11) is 1.94. The van der Waals surface area contributed by atoms with Gasteiger partial charge in [-0.15, -0.1) is 0 Å². The van der Waals surface area contributed by atoms with Gasteiger partial charge in [0.15, 0.2) is 0 Å². The van der Waals surface area contributed by atoms with Crippen molar-refractivity contribution in [2.45, 2.75) is 13.5 Å². The predicted molar refractivity (Wildman–Crippen MR) is 75.2 cm³/mol. The zero-order chi connectivity index (χ0) is 13.1. The van der Waals surface area contributed by atoms with E-state index in [1.165, 1.54) is 6.07 Å². The Morgan fingerprint density at radius 2 is 2.11 bits per heavy atom. The summed E-state index contributed by atoms with van der Waals surface area (Å²) in [5.41, 5.74) is 2.05. The summed E-state index contributed by atoms with van der Waals surface area (Å²) in [6, 6.07) is 8.56. The number of nitrogens with zero attached hydrogens (tertiary/aromatic N) is 2. The minimum absolute atomic E-state index is 0.211. The summed E-state index contributed by atoms with van der Waals surface area (Å²) < 4.78 is 14.1. The van der Waals surface area contributed by atoms with Crippen LogP contribution in [0.5, 0.6) is 0 Å². The van der Waals surface area contributed by atoms with E-state index in [9.17, 15) is 4.39 Å². The quantitative estimate of drug-likeness (QED) is 0.854. The summed E-state index contributed by atoms with van der Waals surface area (Å²) in [4.78, 5) is 6.33. The lowest BCUT2D eigenvalue weighted by molar-refractivity contribution is 0.625. The second-order valence-electron chi connectivity index (χ2n) is 4.25. The van der Waals surface area contributed by atoms with Crippen molar-refractivity contribution in [2.75, 3.05) is 11.9 Å². The van der Waals surface area contributed by atoms with Crippen molar-refractivity contribution in [3.8, 4) is 0 Å². The zero-order valence-electron chi connectivity index (χ0n) is 10.3. The highest BCUT2D eigenvalue weighted by Crippen LogP contribution is 2.26. The van der Waals surface area contributed by atoms with Crippen molar-refractivity contribution in [1.29, 1.82) is 0 Å². The van der Waals surface area contributed by atoms with Gasteiger partial charge in [0.25, 0.3) is 0 Å². The Bertz CT molecular complexity index is 557. The Morgan fingerprint density at radius 1 is 1.33 bits per heavy atom. The summed E-state index contributed by atoms with van der Waals surface area (Å²) in [6.45, 7) is 2.64. The SMILES string of the molecule is Cc1ccnc(N(C)Cc2cccc(F)c2)c1Br. The van der Waals surface area contributed by atoms with Crippen LogP contribution in [0.15, 0.2) is 41.0 Å². The third-order valence-corrected chi connectivity index (χ3v) is 3.71. The first kappa shape index (κ1) is 13.0. The van der Waals surface area contributed by atoms with Gasteiger partial charge in [0.2, 0.25) is 0 Å². The smallest absolute Gasteiger partial charge is 0.143 e. The third-order valence-electron chi connectivity index (χ3n) is 2.73. The van der Waals surface area contributed by atoms with Crippen LogP contribution in [0.2, 0.25) is 0 Å². The molecule has 1 heterocycles. The molecule has 0 aliphatic heterocycles. The van der Waals surface area contributed by atoms with Crippen LogP contribution in [-0.4, -0.2) is 12.0 Å². The first-order valence-electron chi connectivity index (χ1n) is 5.64. The molecule has 0 radical (unpaired) electrons. The topological polar surface area (TPSA) is 16.1 Å². The highest BCUT2D eigenvalue weighted by Gasteiger charge is 2.09. The Labute approximate surface area is 115 Å². The van der Waals surface area contributed by atoms with E-state index in [1.54, 1.807) is 18.3 Å². The lowest BCUT2D eigenvalue weighted by atomic mass is 10.2. The van der Waals surface area contributed by atoms with Gasteiger partial charge in [0.05, 0.1) is 4.47 Å². The first-order chi connectivity index (χ1) is 8.58. The molecule has 0 bridgehead atoms. The van der Waals surface area contributed by atoms with E-state index in [0.717, 1.165) is 21.4 Å². The average Bonchev–Trinajstić information content (AvgIpc) is 2.32. The minimum atomic E-state index is -0.211. The summed E-state index contributed by atoms with van der Waals surface area (Å²) in [5, 5.41) is 0. The van der Waals surface area contributed by atoms with Crippen molar-refractivity contribution in [2.24, 2.45) is 0 Å². The highest BCUT2D eigenvalue weighted by atomic mass is 79.9. The van der Waals surface area contributed by atoms with Crippen molar-refractivity contribution < 1.29 is 4.39 Å². The third kappa shape index (κ3) is 2.88. The second-order valence-corrected chi connectivity index (χ2v) is 5.04. The van der Waals surface area contributed by atoms with Crippen LogP contribution in [0.4, 0.5) is 10.2 Å². The van der Waals surface area contributed by atoms with Gasteiger partial charge in [-0.1, -0.05) is 12.1 Å². The molecule has 0 N–H and O–H groups in total. The number of hydrogen-bond acceptors (Lipinski definition) is 2. The minimum Gasteiger partial charge on any atom is -0.354 e. The molecule has 94 valence electrons. The molecule has 0 spiro atoms. The largest absolute Gasteiger partial charge is 0.354 e. The monoisotopic (exact) mass is 308 g/mol. The molecular weight excluding hydrogens is 295 g/mol. The maximum absolute atomic E-state index is 13.1. The van der Waals surface area contributed by atoms with Crippen LogP contribution < -0.4 is 4.90 Å². The van der Waals surface area contributed by atoms with Crippen molar-refractivity contribution in [1.82, 2.24) is 4.98 Å². The Kier molecular flexibility index (Phi) is 3.97. The molecule has 0 atom stereocenters. The number of aromatic nitrogens is 1. The Hall–Kier alpha value is -1.42.